The molecule has 0 aliphatic heterocycles. The summed E-state index contributed by atoms with van der Waals surface area (Å²) in [5.74, 6) is -0.0776. The molecule has 1 atom stereocenters. The van der Waals surface area contributed by atoms with Gasteiger partial charge in [-0.15, -0.1) is 0 Å². The highest BCUT2D eigenvalue weighted by molar-refractivity contribution is 8.00. The fourth-order valence-corrected chi connectivity index (χ4v) is 3.73. The van der Waals surface area contributed by atoms with Crippen LogP contribution < -0.4 is 10.9 Å². The van der Waals surface area contributed by atoms with E-state index in [-0.39, 0.29) is 22.3 Å². The maximum atomic E-state index is 13.1. The maximum Gasteiger partial charge on any atom is 0.262 e. The zero-order valence-corrected chi connectivity index (χ0v) is 17.4. The zero-order valence-electron chi connectivity index (χ0n) is 16.6. The fraction of sp³-hybridized carbons (Fsp3) is 0.318. The first-order chi connectivity index (χ1) is 13.2. The zero-order chi connectivity index (χ0) is 20.3. The Bertz CT molecular complexity index is 1040. The van der Waals surface area contributed by atoms with Gasteiger partial charge < -0.3 is 5.32 Å². The van der Waals surface area contributed by atoms with E-state index in [1.54, 1.807) is 10.6 Å². The Labute approximate surface area is 169 Å². The summed E-state index contributed by atoms with van der Waals surface area (Å²) in [4.78, 5) is 30.4. The van der Waals surface area contributed by atoms with Crippen LogP contribution in [0.3, 0.4) is 0 Å². The molecule has 0 aliphatic rings. The van der Waals surface area contributed by atoms with Gasteiger partial charge in [0.25, 0.3) is 5.56 Å². The van der Waals surface area contributed by atoms with Crippen molar-refractivity contribution in [3.8, 4) is 0 Å². The lowest BCUT2D eigenvalue weighted by molar-refractivity contribution is -0.121. The number of para-hydroxylation sites is 1. The first-order valence-corrected chi connectivity index (χ1v) is 10.1. The predicted octanol–water partition coefficient (Wildman–Crippen LogP) is 3.84. The molecule has 3 aromatic rings. The van der Waals surface area contributed by atoms with E-state index in [4.69, 9.17) is 4.98 Å². The van der Waals surface area contributed by atoms with Crippen molar-refractivity contribution in [2.75, 3.05) is 0 Å². The van der Waals surface area contributed by atoms with Gasteiger partial charge in [0, 0.05) is 5.54 Å². The Kier molecular flexibility index (Phi) is 5.89. The molecule has 0 radical (unpaired) electrons. The van der Waals surface area contributed by atoms with Gasteiger partial charge in [-0.3, -0.25) is 14.2 Å². The van der Waals surface area contributed by atoms with E-state index in [0.717, 1.165) is 5.56 Å². The Hall–Kier alpha value is -2.60. The van der Waals surface area contributed by atoms with Crippen molar-refractivity contribution in [2.24, 2.45) is 0 Å². The number of rotatable bonds is 5. The number of nitrogens with one attached hydrogen (secondary N) is 1. The Balaban J connectivity index is 2.01. The molecule has 0 spiro atoms. The average Bonchev–Trinajstić information content (AvgIpc) is 2.64. The quantitative estimate of drug-likeness (QED) is 0.527. The normalized spacial score (nSPS) is 12.7. The van der Waals surface area contributed by atoms with Gasteiger partial charge in [-0.2, -0.15) is 0 Å². The molecule has 2 aromatic carbocycles. The van der Waals surface area contributed by atoms with E-state index in [1.165, 1.54) is 11.8 Å². The van der Waals surface area contributed by atoms with Gasteiger partial charge in [0.15, 0.2) is 5.16 Å². The number of thioether (sulfide) groups is 1. The summed E-state index contributed by atoms with van der Waals surface area (Å²) < 4.78 is 1.66. The van der Waals surface area contributed by atoms with Crippen molar-refractivity contribution in [3.63, 3.8) is 0 Å². The van der Waals surface area contributed by atoms with Crippen LogP contribution in [0.1, 0.15) is 33.3 Å². The standard InChI is InChI=1S/C22H25N3O2S/c1-15(19(26)24-22(2,3)4)28-21-23-18-13-9-8-12-17(18)20(27)25(21)14-16-10-6-5-7-11-16/h5-13,15H,14H2,1-4H3,(H,24,26)/t15-/m0/s1. The molecule has 0 fully saturated rings. The monoisotopic (exact) mass is 395 g/mol. The summed E-state index contributed by atoms with van der Waals surface area (Å²) >= 11 is 1.31. The van der Waals surface area contributed by atoms with Crippen molar-refractivity contribution in [2.45, 2.75) is 50.2 Å². The summed E-state index contributed by atoms with van der Waals surface area (Å²) in [6.07, 6.45) is 0. The Morgan fingerprint density at radius 3 is 2.43 bits per heavy atom. The highest BCUT2D eigenvalue weighted by atomic mass is 32.2. The first-order valence-electron chi connectivity index (χ1n) is 9.27. The van der Waals surface area contributed by atoms with Crippen LogP contribution in [0.25, 0.3) is 10.9 Å². The summed E-state index contributed by atoms with van der Waals surface area (Å²) in [5.41, 5.74) is 1.24. The lowest BCUT2D eigenvalue weighted by atomic mass is 10.1. The molecule has 0 aliphatic carbocycles. The summed E-state index contributed by atoms with van der Waals surface area (Å²) in [6, 6.07) is 17.1. The maximum absolute atomic E-state index is 13.1. The number of hydrogen-bond donors (Lipinski definition) is 1. The minimum atomic E-state index is -0.380. The van der Waals surface area contributed by atoms with E-state index >= 15 is 0 Å². The molecule has 6 heteroatoms. The van der Waals surface area contributed by atoms with Crippen molar-refractivity contribution in [3.05, 3.63) is 70.5 Å². The third kappa shape index (κ3) is 4.81. The van der Waals surface area contributed by atoms with Crippen LogP contribution in [0.15, 0.2) is 64.5 Å². The van der Waals surface area contributed by atoms with Crippen LogP contribution in [-0.2, 0) is 11.3 Å². The van der Waals surface area contributed by atoms with Gasteiger partial charge in [-0.25, -0.2) is 4.98 Å². The highest BCUT2D eigenvalue weighted by Gasteiger charge is 2.22. The molecule has 0 bridgehead atoms. The molecule has 28 heavy (non-hydrogen) atoms. The third-order valence-electron chi connectivity index (χ3n) is 4.16. The van der Waals surface area contributed by atoms with Crippen LogP contribution in [0, 0.1) is 0 Å². The lowest BCUT2D eigenvalue weighted by Gasteiger charge is -2.23. The van der Waals surface area contributed by atoms with Crippen molar-refractivity contribution in [1.29, 1.82) is 0 Å². The average molecular weight is 396 g/mol. The number of nitrogens with zero attached hydrogens (tertiary/aromatic N) is 2. The Morgan fingerprint density at radius 2 is 1.75 bits per heavy atom. The van der Waals surface area contributed by atoms with Crippen LogP contribution in [0.5, 0.6) is 0 Å². The van der Waals surface area contributed by atoms with Crippen molar-refractivity contribution < 1.29 is 4.79 Å². The molecule has 146 valence electrons. The second kappa shape index (κ2) is 8.19. The molecular formula is C22H25N3O2S. The number of carbonyl (C=O) groups is 1. The Morgan fingerprint density at radius 1 is 1.11 bits per heavy atom. The molecule has 1 aromatic heterocycles. The second-order valence-electron chi connectivity index (χ2n) is 7.79. The number of benzene rings is 2. The summed E-state index contributed by atoms with van der Waals surface area (Å²) in [5, 5.41) is 3.73. The first kappa shape index (κ1) is 20.1. The van der Waals surface area contributed by atoms with Crippen LogP contribution in [0.2, 0.25) is 0 Å². The van der Waals surface area contributed by atoms with Crippen molar-refractivity contribution in [1.82, 2.24) is 14.9 Å². The van der Waals surface area contributed by atoms with E-state index in [9.17, 15) is 9.59 Å². The van der Waals surface area contributed by atoms with Gasteiger partial charge in [0.2, 0.25) is 5.91 Å². The minimum Gasteiger partial charge on any atom is -0.351 e. The smallest absolute Gasteiger partial charge is 0.262 e. The molecule has 1 amide bonds. The topological polar surface area (TPSA) is 64.0 Å². The van der Waals surface area contributed by atoms with E-state index in [0.29, 0.717) is 22.6 Å². The summed E-state index contributed by atoms with van der Waals surface area (Å²) in [7, 11) is 0. The summed E-state index contributed by atoms with van der Waals surface area (Å²) in [6.45, 7) is 8.08. The minimum absolute atomic E-state index is 0.0776. The number of hydrogen-bond acceptors (Lipinski definition) is 4. The molecule has 0 saturated heterocycles. The van der Waals surface area contributed by atoms with Crippen LogP contribution in [-0.4, -0.2) is 26.2 Å². The van der Waals surface area contributed by atoms with Gasteiger partial charge >= 0.3 is 0 Å². The van der Waals surface area contributed by atoms with E-state index in [1.807, 2.05) is 76.2 Å². The largest absolute Gasteiger partial charge is 0.351 e. The van der Waals surface area contributed by atoms with Crippen LogP contribution >= 0.6 is 11.8 Å². The molecule has 0 saturated carbocycles. The van der Waals surface area contributed by atoms with E-state index < -0.39 is 0 Å². The SMILES string of the molecule is C[C@H](Sc1nc2ccccc2c(=O)n1Cc1ccccc1)C(=O)NC(C)(C)C. The number of aromatic nitrogens is 2. The van der Waals surface area contributed by atoms with Gasteiger partial charge in [-0.1, -0.05) is 54.2 Å². The van der Waals surface area contributed by atoms with Crippen LogP contribution in [0.4, 0.5) is 0 Å². The van der Waals surface area contributed by atoms with Gasteiger partial charge in [0.05, 0.1) is 22.7 Å². The molecule has 3 rings (SSSR count). The number of amides is 1. The second-order valence-corrected chi connectivity index (χ2v) is 9.10. The van der Waals surface area contributed by atoms with Crippen molar-refractivity contribution >= 4 is 28.6 Å². The number of fused-ring (bicyclic) bond motifs is 1. The predicted molar refractivity (Wildman–Crippen MR) is 115 cm³/mol. The molecule has 1 heterocycles. The molecule has 0 unspecified atom stereocenters. The third-order valence-corrected chi connectivity index (χ3v) is 5.25. The van der Waals surface area contributed by atoms with Gasteiger partial charge in [-0.05, 0) is 45.4 Å². The fourth-order valence-electron chi connectivity index (χ4n) is 2.83. The molecule has 5 nitrogen and oxygen atoms in total. The lowest BCUT2D eigenvalue weighted by Crippen LogP contribution is -2.44. The van der Waals surface area contributed by atoms with Gasteiger partial charge in [0.1, 0.15) is 0 Å². The molecular weight excluding hydrogens is 370 g/mol. The van der Waals surface area contributed by atoms with E-state index in [2.05, 4.69) is 5.32 Å². The highest BCUT2D eigenvalue weighted by Crippen LogP contribution is 2.24. The number of carbonyl (C=O) groups excluding carboxylic acids is 1. The molecule has 1 N–H and O–H groups in total.